The summed E-state index contributed by atoms with van der Waals surface area (Å²) >= 11 is 0. The Balaban J connectivity index is 2.94. The first-order valence-electron chi connectivity index (χ1n) is 2.92. The van der Waals surface area contributed by atoms with Crippen molar-refractivity contribution in [1.82, 2.24) is 0 Å². The number of aliphatic hydroxyl groups excluding tert-OH is 1. The van der Waals surface area contributed by atoms with E-state index in [2.05, 4.69) is 0 Å². The van der Waals surface area contributed by atoms with E-state index >= 15 is 0 Å². The van der Waals surface area contributed by atoms with Crippen molar-refractivity contribution in [2.75, 3.05) is 6.61 Å². The van der Waals surface area contributed by atoms with Gasteiger partial charge in [0.15, 0.2) is 6.61 Å². The Kier molecular flexibility index (Phi) is 1.76. The van der Waals surface area contributed by atoms with Crippen molar-refractivity contribution >= 4 is 5.78 Å². The van der Waals surface area contributed by atoms with E-state index < -0.39 is 0 Å². The molecule has 0 radical (unpaired) electrons. The molecule has 0 fully saturated rings. The third kappa shape index (κ3) is 1.03. The lowest BCUT2D eigenvalue weighted by atomic mass is 10.1. The average molecular weight is 140 g/mol. The number of hydrogen-bond donors (Lipinski definition) is 1. The van der Waals surface area contributed by atoms with E-state index in [0.29, 0.717) is 11.1 Å². The molecule has 1 heterocycles. The van der Waals surface area contributed by atoms with Gasteiger partial charge in [0.05, 0.1) is 18.1 Å². The monoisotopic (exact) mass is 140 g/mol. The Morgan fingerprint density at radius 2 is 2.50 bits per heavy atom. The fourth-order valence-corrected chi connectivity index (χ4v) is 0.777. The number of ketones is 1. The first kappa shape index (κ1) is 6.86. The van der Waals surface area contributed by atoms with E-state index in [0.717, 1.165) is 6.26 Å². The fraction of sp³-hybridized carbons (Fsp3) is 0.286. The lowest BCUT2D eigenvalue weighted by molar-refractivity contribution is -0.118. The van der Waals surface area contributed by atoms with Crippen LogP contribution in [0.15, 0.2) is 23.7 Å². The second-order valence-corrected chi connectivity index (χ2v) is 2.08. The maximum atomic E-state index is 10.8. The van der Waals surface area contributed by atoms with Gasteiger partial charge >= 0.3 is 0 Å². The van der Waals surface area contributed by atoms with Crippen molar-refractivity contribution in [3.05, 3.63) is 23.7 Å². The van der Waals surface area contributed by atoms with Crippen LogP contribution in [0.25, 0.3) is 0 Å². The third-order valence-electron chi connectivity index (χ3n) is 1.33. The summed E-state index contributed by atoms with van der Waals surface area (Å²) in [4.78, 5) is 10.8. The minimum Gasteiger partial charge on any atom is -0.515 e. The molecule has 1 rings (SSSR count). The van der Waals surface area contributed by atoms with Crippen LogP contribution < -0.4 is 0 Å². The number of hydrogen-bond acceptors (Lipinski definition) is 3. The smallest absolute Gasteiger partial charge is 0.203 e. The number of Topliss-reactive ketones (excluding diaryl/α,β-unsaturated/α-hetero) is 1. The van der Waals surface area contributed by atoms with Gasteiger partial charge in [-0.25, -0.2) is 0 Å². The van der Waals surface area contributed by atoms with Crippen LogP contribution in [0, 0.1) is 0 Å². The zero-order valence-corrected chi connectivity index (χ0v) is 5.63. The molecular weight excluding hydrogens is 132 g/mol. The van der Waals surface area contributed by atoms with Crippen molar-refractivity contribution in [1.29, 1.82) is 0 Å². The number of rotatable bonds is 0. The number of aliphatic hydroxyl groups is 1. The molecule has 3 heteroatoms. The van der Waals surface area contributed by atoms with Gasteiger partial charge in [-0.15, -0.1) is 0 Å². The zero-order chi connectivity index (χ0) is 7.56. The summed E-state index contributed by atoms with van der Waals surface area (Å²) in [5.41, 5.74) is 1.00. The summed E-state index contributed by atoms with van der Waals surface area (Å²) in [6, 6.07) is 0. The Bertz CT molecular complexity index is 213. The molecule has 0 bridgehead atoms. The van der Waals surface area contributed by atoms with Gasteiger partial charge in [0, 0.05) is 0 Å². The molecule has 3 nitrogen and oxygen atoms in total. The predicted octanol–water partition coefficient (Wildman–Crippen LogP) is 0.931. The number of carbonyl (C=O) groups is 1. The van der Waals surface area contributed by atoms with Crippen LogP contribution in [0.5, 0.6) is 0 Å². The topological polar surface area (TPSA) is 46.5 Å². The summed E-state index contributed by atoms with van der Waals surface area (Å²) in [6.07, 6.45) is 2.28. The van der Waals surface area contributed by atoms with Crippen LogP contribution in [0.3, 0.4) is 0 Å². The van der Waals surface area contributed by atoms with Gasteiger partial charge in [-0.2, -0.15) is 0 Å². The molecule has 0 aromatic carbocycles. The maximum absolute atomic E-state index is 10.8. The van der Waals surface area contributed by atoms with Crippen LogP contribution in [0.2, 0.25) is 0 Å². The molecule has 0 unspecified atom stereocenters. The van der Waals surface area contributed by atoms with Gasteiger partial charge in [0.25, 0.3) is 0 Å². The van der Waals surface area contributed by atoms with Crippen molar-refractivity contribution < 1.29 is 14.6 Å². The summed E-state index contributed by atoms with van der Waals surface area (Å²) in [6.45, 7) is 1.74. The van der Waals surface area contributed by atoms with Gasteiger partial charge in [-0.05, 0) is 12.5 Å². The van der Waals surface area contributed by atoms with Gasteiger partial charge in [0.2, 0.25) is 5.78 Å². The van der Waals surface area contributed by atoms with Crippen molar-refractivity contribution in [2.45, 2.75) is 6.92 Å². The fourth-order valence-electron chi connectivity index (χ4n) is 0.777. The van der Waals surface area contributed by atoms with E-state index in [-0.39, 0.29) is 12.4 Å². The van der Waals surface area contributed by atoms with Gasteiger partial charge in [-0.1, -0.05) is 0 Å². The largest absolute Gasteiger partial charge is 0.515 e. The quantitative estimate of drug-likeness (QED) is 0.402. The minimum atomic E-state index is -0.178. The molecule has 0 saturated carbocycles. The predicted molar refractivity (Wildman–Crippen MR) is 35.4 cm³/mol. The summed E-state index contributed by atoms with van der Waals surface area (Å²) in [7, 11) is 0. The maximum Gasteiger partial charge on any atom is 0.203 e. The lowest BCUT2D eigenvalue weighted by Gasteiger charge is -2.11. The molecule has 0 amide bonds. The number of allylic oxidation sites excluding steroid dienone is 1. The lowest BCUT2D eigenvalue weighted by Crippen LogP contribution is -2.15. The molecule has 0 saturated heterocycles. The van der Waals surface area contributed by atoms with Crippen LogP contribution in [-0.4, -0.2) is 17.5 Å². The highest BCUT2D eigenvalue weighted by molar-refractivity contribution is 6.00. The Hall–Kier alpha value is -1.25. The molecule has 1 aliphatic heterocycles. The number of ether oxygens (including phenoxy) is 1. The van der Waals surface area contributed by atoms with Crippen LogP contribution >= 0.6 is 0 Å². The highest BCUT2D eigenvalue weighted by atomic mass is 16.5. The number of carbonyl (C=O) groups excluding carboxylic acids is 1. The first-order chi connectivity index (χ1) is 4.75. The summed E-state index contributed by atoms with van der Waals surface area (Å²) < 4.78 is 4.76. The standard InChI is InChI=1S/C7H8O3/c1-5-3-10-4-7(9)6(5)2-8/h2-3,8H,4H2,1H3. The van der Waals surface area contributed by atoms with Crippen LogP contribution in [0.1, 0.15) is 6.92 Å². The molecular formula is C7H8O3. The molecule has 0 aromatic heterocycles. The van der Waals surface area contributed by atoms with Crippen molar-refractivity contribution in [3.63, 3.8) is 0 Å². The summed E-state index contributed by atoms with van der Waals surface area (Å²) in [5, 5.41) is 8.55. The van der Waals surface area contributed by atoms with E-state index in [4.69, 9.17) is 9.84 Å². The molecule has 0 aliphatic carbocycles. The molecule has 0 spiro atoms. The highest BCUT2D eigenvalue weighted by Gasteiger charge is 2.15. The molecule has 0 aromatic rings. The van der Waals surface area contributed by atoms with E-state index in [1.165, 1.54) is 6.26 Å². The first-order valence-corrected chi connectivity index (χ1v) is 2.92. The molecule has 0 atom stereocenters. The second-order valence-electron chi connectivity index (χ2n) is 2.08. The Morgan fingerprint density at radius 1 is 1.80 bits per heavy atom. The highest BCUT2D eigenvalue weighted by Crippen LogP contribution is 2.14. The SMILES string of the molecule is CC1=COCC(=O)C1=CO. The van der Waals surface area contributed by atoms with E-state index in [1.807, 2.05) is 0 Å². The van der Waals surface area contributed by atoms with Gasteiger partial charge in [0.1, 0.15) is 0 Å². The van der Waals surface area contributed by atoms with Crippen molar-refractivity contribution in [3.8, 4) is 0 Å². The van der Waals surface area contributed by atoms with Crippen LogP contribution in [-0.2, 0) is 9.53 Å². The Labute approximate surface area is 58.6 Å². The summed E-state index contributed by atoms with van der Waals surface area (Å²) in [5.74, 6) is -0.178. The average Bonchev–Trinajstić information content (AvgIpc) is 1.88. The van der Waals surface area contributed by atoms with Gasteiger partial charge < -0.3 is 9.84 Å². The zero-order valence-electron chi connectivity index (χ0n) is 5.63. The van der Waals surface area contributed by atoms with Crippen molar-refractivity contribution in [2.24, 2.45) is 0 Å². The normalized spacial score (nSPS) is 22.3. The Morgan fingerprint density at radius 3 is 2.90 bits per heavy atom. The molecule has 10 heavy (non-hydrogen) atoms. The second kappa shape index (κ2) is 2.56. The van der Waals surface area contributed by atoms with E-state index in [9.17, 15) is 4.79 Å². The van der Waals surface area contributed by atoms with Crippen LogP contribution in [0.4, 0.5) is 0 Å². The molecule has 54 valence electrons. The third-order valence-corrected chi connectivity index (χ3v) is 1.33. The minimum absolute atomic E-state index is 0.0315. The molecule has 1 aliphatic rings. The van der Waals surface area contributed by atoms with E-state index in [1.54, 1.807) is 6.92 Å². The van der Waals surface area contributed by atoms with Gasteiger partial charge in [-0.3, -0.25) is 4.79 Å². The molecule has 1 N–H and O–H groups in total.